The second-order valence-corrected chi connectivity index (χ2v) is 6.71. The summed E-state index contributed by atoms with van der Waals surface area (Å²) in [7, 11) is 3.72. The summed E-state index contributed by atoms with van der Waals surface area (Å²) >= 11 is 0. The van der Waals surface area contributed by atoms with Crippen molar-refractivity contribution in [3.63, 3.8) is 0 Å². The molecule has 0 spiro atoms. The highest BCUT2D eigenvalue weighted by molar-refractivity contribution is 5.44. The molecule has 1 N–H and O–H groups in total. The SMILES string of the molecule is COc1ccccc1CCNc1cc(C)nc(N(C)CCc2ccncc2)n1. The van der Waals surface area contributed by atoms with Gasteiger partial charge in [-0.1, -0.05) is 18.2 Å². The standard InChI is InChI=1S/C22H27N5O/c1-17-16-21(24-14-10-19-6-4-5-7-20(19)28-3)26-22(25-17)27(2)15-11-18-8-12-23-13-9-18/h4-9,12-13,16H,10-11,14-15H2,1-3H3,(H,24,25,26). The third-order valence-corrected chi connectivity index (χ3v) is 4.56. The average Bonchev–Trinajstić information content (AvgIpc) is 2.72. The Morgan fingerprint density at radius 2 is 1.82 bits per heavy atom. The molecule has 0 radical (unpaired) electrons. The van der Waals surface area contributed by atoms with Crippen LogP contribution in [0.25, 0.3) is 0 Å². The quantitative estimate of drug-likeness (QED) is 0.616. The van der Waals surface area contributed by atoms with Gasteiger partial charge in [0.05, 0.1) is 7.11 Å². The number of hydrogen-bond acceptors (Lipinski definition) is 6. The van der Waals surface area contributed by atoms with Crippen LogP contribution in [-0.4, -0.2) is 42.2 Å². The molecule has 6 heteroatoms. The van der Waals surface area contributed by atoms with Crippen molar-refractivity contribution in [2.75, 3.05) is 37.5 Å². The number of aromatic nitrogens is 3. The number of pyridine rings is 1. The molecular formula is C22H27N5O. The van der Waals surface area contributed by atoms with E-state index in [0.29, 0.717) is 0 Å². The van der Waals surface area contributed by atoms with Gasteiger partial charge in [-0.25, -0.2) is 4.98 Å². The van der Waals surface area contributed by atoms with E-state index in [9.17, 15) is 0 Å². The van der Waals surface area contributed by atoms with Crippen molar-refractivity contribution in [1.82, 2.24) is 15.0 Å². The first kappa shape index (κ1) is 19.6. The smallest absolute Gasteiger partial charge is 0.227 e. The molecule has 2 heterocycles. The van der Waals surface area contributed by atoms with Crippen LogP contribution in [0.3, 0.4) is 0 Å². The Morgan fingerprint density at radius 1 is 1.04 bits per heavy atom. The zero-order chi connectivity index (χ0) is 19.8. The van der Waals surface area contributed by atoms with Crippen molar-refractivity contribution in [2.24, 2.45) is 0 Å². The lowest BCUT2D eigenvalue weighted by atomic mass is 10.1. The minimum atomic E-state index is 0.730. The molecule has 28 heavy (non-hydrogen) atoms. The number of hydrogen-bond donors (Lipinski definition) is 1. The zero-order valence-electron chi connectivity index (χ0n) is 16.7. The van der Waals surface area contributed by atoms with Gasteiger partial charge in [-0.3, -0.25) is 4.98 Å². The van der Waals surface area contributed by atoms with Crippen LogP contribution < -0.4 is 15.0 Å². The van der Waals surface area contributed by atoms with Crippen molar-refractivity contribution in [2.45, 2.75) is 19.8 Å². The van der Waals surface area contributed by atoms with E-state index in [2.05, 4.69) is 31.2 Å². The molecule has 0 fully saturated rings. The van der Waals surface area contributed by atoms with Crippen molar-refractivity contribution in [1.29, 1.82) is 0 Å². The maximum Gasteiger partial charge on any atom is 0.227 e. The molecule has 0 aliphatic heterocycles. The molecule has 2 aromatic heterocycles. The fourth-order valence-corrected chi connectivity index (χ4v) is 3.00. The molecule has 1 aromatic carbocycles. The van der Waals surface area contributed by atoms with Crippen LogP contribution in [-0.2, 0) is 12.8 Å². The summed E-state index contributed by atoms with van der Waals surface area (Å²) in [5.74, 6) is 2.49. The van der Waals surface area contributed by atoms with Crippen LogP contribution >= 0.6 is 0 Å². The Labute approximate surface area is 166 Å². The molecule has 0 unspecified atom stereocenters. The zero-order valence-corrected chi connectivity index (χ0v) is 16.7. The predicted octanol–water partition coefficient (Wildman–Crippen LogP) is 3.52. The van der Waals surface area contributed by atoms with E-state index in [0.717, 1.165) is 49.1 Å². The third-order valence-electron chi connectivity index (χ3n) is 4.56. The number of benzene rings is 1. The number of methoxy groups -OCH3 is 1. The van der Waals surface area contributed by atoms with Gasteiger partial charge in [-0.05, 0) is 49.1 Å². The monoisotopic (exact) mass is 377 g/mol. The van der Waals surface area contributed by atoms with Crippen LogP contribution in [0.2, 0.25) is 0 Å². The molecule has 3 rings (SSSR count). The van der Waals surface area contributed by atoms with E-state index >= 15 is 0 Å². The maximum absolute atomic E-state index is 5.42. The maximum atomic E-state index is 5.42. The summed E-state index contributed by atoms with van der Waals surface area (Å²) in [6.07, 6.45) is 5.43. The molecule has 146 valence electrons. The number of likely N-dealkylation sites (N-methyl/N-ethyl adjacent to an activating group) is 1. The number of para-hydroxylation sites is 1. The number of aryl methyl sites for hydroxylation is 1. The first-order valence-corrected chi connectivity index (χ1v) is 9.47. The molecule has 0 aliphatic rings. The van der Waals surface area contributed by atoms with E-state index in [1.54, 1.807) is 7.11 Å². The van der Waals surface area contributed by atoms with Gasteiger partial charge in [0.2, 0.25) is 5.95 Å². The van der Waals surface area contributed by atoms with Gasteiger partial charge in [0, 0.05) is 44.3 Å². The van der Waals surface area contributed by atoms with E-state index in [1.807, 2.05) is 62.8 Å². The van der Waals surface area contributed by atoms with Gasteiger partial charge in [-0.15, -0.1) is 0 Å². The van der Waals surface area contributed by atoms with Crippen molar-refractivity contribution in [3.05, 3.63) is 71.7 Å². The third kappa shape index (κ3) is 5.42. The van der Waals surface area contributed by atoms with Crippen LogP contribution in [0.5, 0.6) is 5.75 Å². The molecule has 3 aromatic rings. The molecule has 0 saturated heterocycles. The highest BCUT2D eigenvalue weighted by Gasteiger charge is 2.08. The second kappa shape index (κ2) is 9.69. The topological polar surface area (TPSA) is 63.2 Å². The fourth-order valence-electron chi connectivity index (χ4n) is 3.00. The summed E-state index contributed by atoms with van der Waals surface area (Å²) in [4.78, 5) is 15.4. The van der Waals surface area contributed by atoms with Crippen LogP contribution in [0.1, 0.15) is 16.8 Å². The summed E-state index contributed by atoms with van der Waals surface area (Å²) < 4.78 is 5.42. The van der Waals surface area contributed by atoms with Crippen molar-refractivity contribution >= 4 is 11.8 Å². The highest BCUT2D eigenvalue weighted by atomic mass is 16.5. The number of ether oxygens (including phenoxy) is 1. The lowest BCUT2D eigenvalue weighted by Crippen LogP contribution is -2.23. The summed E-state index contributed by atoms with van der Waals surface area (Å²) in [6.45, 7) is 3.61. The Kier molecular flexibility index (Phi) is 6.78. The second-order valence-electron chi connectivity index (χ2n) is 6.71. The first-order chi connectivity index (χ1) is 13.7. The Bertz CT molecular complexity index is 885. The Morgan fingerprint density at radius 3 is 2.61 bits per heavy atom. The largest absolute Gasteiger partial charge is 0.496 e. The number of nitrogens with one attached hydrogen (secondary N) is 1. The van der Waals surface area contributed by atoms with Gasteiger partial charge in [0.25, 0.3) is 0 Å². The highest BCUT2D eigenvalue weighted by Crippen LogP contribution is 2.18. The number of rotatable bonds is 9. The van der Waals surface area contributed by atoms with Gasteiger partial charge in [-0.2, -0.15) is 4.98 Å². The minimum Gasteiger partial charge on any atom is -0.496 e. The minimum absolute atomic E-state index is 0.730. The summed E-state index contributed by atoms with van der Waals surface area (Å²) in [6, 6.07) is 14.1. The first-order valence-electron chi connectivity index (χ1n) is 9.47. The summed E-state index contributed by atoms with van der Waals surface area (Å²) in [5.41, 5.74) is 3.38. The summed E-state index contributed by atoms with van der Waals surface area (Å²) in [5, 5.41) is 3.41. The number of nitrogens with zero attached hydrogens (tertiary/aromatic N) is 4. The van der Waals surface area contributed by atoms with Gasteiger partial charge in [0.15, 0.2) is 0 Å². The van der Waals surface area contributed by atoms with Crippen LogP contribution in [0.4, 0.5) is 11.8 Å². The van der Waals surface area contributed by atoms with E-state index in [-0.39, 0.29) is 0 Å². The molecule has 0 bridgehead atoms. The van der Waals surface area contributed by atoms with Crippen LogP contribution in [0.15, 0.2) is 54.9 Å². The fraction of sp³-hybridized carbons (Fsp3) is 0.318. The molecule has 6 nitrogen and oxygen atoms in total. The average molecular weight is 377 g/mol. The molecule has 0 atom stereocenters. The van der Waals surface area contributed by atoms with Crippen molar-refractivity contribution < 1.29 is 4.74 Å². The van der Waals surface area contributed by atoms with E-state index in [4.69, 9.17) is 4.74 Å². The molecule has 0 aliphatic carbocycles. The Balaban J connectivity index is 1.59. The lowest BCUT2D eigenvalue weighted by Gasteiger charge is -2.18. The van der Waals surface area contributed by atoms with Gasteiger partial charge < -0.3 is 15.0 Å². The molecular weight excluding hydrogens is 350 g/mol. The van der Waals surface area contributed by atoms with Gasteiger partial charge >= 0.3 is 0 Å². The van der Waals surface area contributed by atoms with E-state index in [1.165, 1.54) is 11.1 Å². The predicted molar refractivity (Wildman–Crippen MR) is 113 cm³/mol. The number of anilines is 2. The molecule has 0 amide bonds. The van der Waals surface area contributed by atoms with E-state index < -0.39 is 0 Å². The molecule has 0 saturated carbocycles. The lowest BCUT2D eigenvalue weighted by molar-refractivity contribution is 0.410. The normalized spacial score (nSPS) is 10.5. The Hall–Kier alpha value is -3.15. The van der Waals surface area contributed by atoms with Crippen molar-refractivity contribution in [3.8, 4) is 5.75 Å². The van der Waals surface area contributed by atoms with Crippen LogP contribution in [0, 0.1) is 6.92 Å². The van der Waals surface area contributed by atoms with Gasteiger partial charge in [0.1, 0.15) is 11.6 Å².